The second-order valence-corrected chi connectivity index (χ2v) is 6.48. The van der Waals surface area contributed by atoms with E-state index < -0.39 is 17.6 Å². The van der Waals surface area contributed by atoms with Crippen molar-refractivity contribution >= 4 is 35.0 Å². The number of H-pyrrole nitrogens is 1. The Kier molecular flexibility index (Phi) is 5.79. The first-order valence-corrected chi connectivity index (χ1v) is 8.31. The molecule has 0 aliphatic rings. The van der Waals surface area contributed by atoms with Crippen molar-refractivity contribution in [2.75, 3.05) is 11.1 Å². The number of aromatic amines is 1. The van der Waals surface area contributed by atoms with E-state index in [0.717, 1.165) is 30.0 Å². The van der Waals surface area contributed by atoms with Gasteiger partial charge in [-0.15, -0.1) is 0 Å². The monoisotopic (exact) mass is 391 g/mol. The predicted molar refractivity (Wildman–Crippen MR) is 90.1 cm³/mol. The molecule has 0 unspecified atom stereocenters. The number of nitrogens with one attached hydrogen (secondary N) is 2. The van der Waals surface area contributed by atoms with E-state index in [1.807, 2.05) is 0 Å². The molecule has 1 aromatic carbocycles. The molecule has 10 heteroatoms. The van der Waals surface area contributed by atoms with Crippen molar-refractivity contribution < 1.29 is 18.0 Å². The average Bonchev–Trinajstić information content (AvgIpc) is 2.51. The number of aryl methyl sites for hydroxylation is 1. The Morgan fingerprint density at radius 3 is 2.64 bits per heavy atom. The van der Waals surface area contributed by atoms with Gasteiger partial charge in [0.1, 0.15) is 0 Å². The van der Waals surface area contributed by atoms with Crippen molar-refractivity contribution in [2.24, 2.45) is 0 Å². The van der Waals surface area contributed by atoms with E-state index in [1.165, 1.54) is 0 Å². The third-order valence-electron chi connectivity index (χ3n) is 3.28. The van der Waals surface area contributed by atoms with Gasteiger partial charge in [-0.3, -0.25) is 9.59 Å². The second kappa shape index (κ2) is 7.49. The number of benzene rings is 1. The second-order valence-electron chi connectivity index (χ2n) is 5.11. The van der Waals surface area contributed by atoms with Crippen LogP contribution in [0.5, 0.6) is 0 Å². The highest BCUT2D eigenvalue weighted by atomic mass is 35.5. The number of carbonyl (C=O) groups is 1. The molecule has 25 heavy (non-hydrogen) atoms. The highest BCUT2D eigenvalue weighted by Crippen LogP contribution is 2.33. The standard InChI is InChI=1S/C15H13ClF3N3O2S/c1-7-8(2)20-14(22-13(7)24)25-6-12(23)21-11-5-9(15(17,18)19)3-4-10(11)16/h3-5H,6H2,1-2H3,(H,21,23)(H,20,22,24). The van der Waals surface area contributed by atoms with E-state index in [2.05, 4.69) is 15.3 Å². The van der Waals surface area contributed by atoms with Gasteiger partial charge in [0.15, 0.2) is 5.16 Å². The SMILES string of the molecule is Cc1nc(SCC(=O)Nc2cc(C(F)(F)F)ccc2Cl)[nH]c(=O)c1C. The Balaban J connectivity index is 2.07. The lowest BCUT2D eigenvalue weighted by molar-refractivity contribution is -0.137. The van der Waals surface area contributed by atoms with Gasteiger partial charge in [0.2, 0.25) is 5.91 Å². The largest absolute Gasteiger partial charge is 0.416 e. The van der Waals surface area contributed by atoms with Crippen molar-refractivity contribution in [3.8, 4) is 0 Å². The summed E-state index contributed by atoms with van der Waals surface area (Å²) in [6.07, 6.45) is -4.54. The number of aromatic nitrogens is 2. The maximum atomic E-state index is 12.7. The summed E-state index contributed by atoms with van der Waals surface area (Å²) in [4.78, 5) is 30.2. The third kappa shape index (κ3) is 4.99. The summed E-state index contributed by atoms with van der Waals surface area (Å²) in [5.41, 5.74) is -0.350. The van der Waals surface area contributed by atoms with E-state index in [4.69, 9.17) is 11.6 Å². The molecule has 0 atom stereocenters. The number of anilines is 1. The van der Waals surface area contributed by atoms with Gasteiger partial charge in [0, 0.05) is 11.3 Å². The summed E-state index contributed by atoms with van der Waals surface area (Å²) < 4.78 is 38.1. The van der Waals surface area contributed by atoms with Gasteiger partial charge in [0.25, 0.3) is 5.56 Å². The molecule has 5 nitrogen and oxygen atoms in total. The van der Waals surface area contributed by atoms with Crippen LogP contribution in [-0.2, 0) is 11.0 Å². The van der Waals surface area contributed by atoms with Crippen molar-refractivity contribution in [1.29, 1.82) is 0 Å². The number of nitrogens with zero attached hydrogens (tertiary/aromatic N) is 1. The Morgan fingerprint density at radius 1 is 1.36 bits per heavy atom. The van der Waals surface area contributed by atoms with Crippen LogP contribution in [0, 0.1) is 13.8 Å². The number of rotatable bonds is 4. The van der Waals surface area contributed by atoms with Crippen LogP contribution in [0.25, 0.3) is 0 Å². The van der Waals surface area contributed by atoms with E-state index in [-0.39, 0.29) is 27.2 Å². The molecule has 0 fully saturated rings. The summed E-state index contributed by atoms with van der Waals surface area (Å²) >= 11 is 6.77. The Labute approximate surface area is 150 Å². The van der Waals surface area contributed by atoms with Crippen molar-refractivity contribution in [3.63, 3.8) is 0 Å². The molecule has 2 rings (SSSR count). The van der Waals surface area contributed by atoms with Crippen LogP contribution in [0.15, 0.2) is 28.2 Å². The molecule has 0 saturated heterocycles. The number of carbonyl (C=O) groups excluding carboxylic acids is 1. The Bertz CT molecular complexity index is 868. The van der Waals surface area contributed by atoms with Crippen molar-refractivity contribution in [2.45, 2.75) is 25.2 Å². The van der Waals surface area contributed by atoms with Gasteiger partial charge < -0.3 is 10.3 Å². The molecular weight excluding hydrogens is 379 g/mol. The molecule has 134 valence electrons. The van der Waals surface area contributed by atoms with Gasteiger partial charge in [-0.1, -0.05) is 23.4 Å². The zero-order chi connectivity index (χ0) is 18.8. The highest BCUT2D eigenvalue weighted by molar-refractivity contribution is 7.99. The van der Waals surface area contributed by atoms with Crippen LogP contribution in [-0.4, -0.2) is 21.6 Å². The lowest BCUT2D eigenvalue weighted by Gasteiger charge is -2.11. The average molecular weight is 392 g/mol. The molecule has 0 bridgehead atoms. The smallest absolute Gasteiger partial charge is 0.324 e. The molecule has 0 aliphatic heterocycles. The molecule has 0 aliphatic carbocycles. The Morgan fingerprint density at radius 2 is 2.04 bits per heavy atom. The molecular formula is C15H13ClF3N3O2S. The molecule has 1 aromatic heterocycles. The fourth-order valence-electron chi connectivity index (χ4n) is 1.81. The number of halogens is 4. The number of hydrogen-bond donors (Lipinski definition) is 2. The molecule has 0 radical (unpaired) electrons. The molecule has 1 heterocycles. The van der Waals surface area contributed by atoms with Gasteiger partial charge in [-0.2, -0.15) is 13.2 Å². The van der Waals surface area contributed by atoms with Gasteiger partial charge in [-0.25, -0.2) is 4.98 Å². The molecule has 1 amide bonds. The predicted octanol–water partition coefficient (Wildman–Crippen LogP) is 3.79. The summed E-state index contributed by atoms with van der Waals surface area (Å²) in [6.45, 7) is 3.29. The summed E-state index contributed by atoms with van der Waals surface area (Å²) in [5.74, 6) is -0.732. The van der Waals surface area contributed by atoms with E-state index >= 15 is 0 Å². The maximum Gasteiger partial charge on any atom is 0.416 e. The summed E-state index contributed by atoms with van der Waals surface area (Å²) in [6, 6.07) is 2.66. The quantitative estimate of drug-likeness (QED) is 0.614. The normalized spacial score (nSPS) is 11.4. The van der Waals surface area contributed by atoms with E-state index in [1.54, 1.807) is 13.8 Å². The first kappa shape index (κ1) is 19.3. The van der Waals surface area contributed by atoms with Crippen LogP contribution in [0.3, 0.4) is 0 Å². The van der Waals surface area contributed by atoms with E-state index in [9.17, 15) is 22.8 Å². The lowest BCUT2D eigenvalue weighted by Crippen LogP contribution is -2.17. The zero-order valence-corrected chi connectivity index (χ0v) is 14.7. The third-order valence-corrected chi connectivity index (χ3v) is 4.48. The minimum Gasteiger partial charge on any atom is -0.324 e. The molecule has 2 N–H and O–H groups in total. The number of alkyl halides is 3. The number of thioether (sulfide) groups is 1. The number of amides is 1. The maximum absolute atomic E-state index is 12.7. The van der Waals surface area contributed by atoms with Crippen LogP contribution in [0.4, 0.5) is 18.9 Å². The van der Waals surface area contributed by atoms with Crippen LogP contribution in [0.1, 0.15) is 16.8 Å². The molecule has 2 aromatic rings. The van der Waals surface area contributed by atoms with Gasteiger partial charge in [-0.05, 0) is 32.0 Å². The number of hydrogen-bond acceptors (Lipinski definition) is 4. The fraction of sp³-hybridized carbons (Fsp3) is 0.267. The molecule has 0 spiro atoms. The summed E-state index contributed by atoms with van der Waals surface area (Å²) in [5, 5.41) is 2.56. The first-order chi connectivity index (χ1) is 11.6. The molecule has 0 saturated carbocycles. The minimum absolute atomic E-state index is 0.0101. The zero-order valence-electron chi connectivity index (χ0n) is 13.1. The van der Waals surface area contributed by atoms with Crippen LogP contribution in [0.2, 0.25) is 5.02 Å². The topological polar surface area (TPSA) is 74.8 Å². The van der Waals surface area contributed by atoms with Crippen molar-refractivity contribution in [3.05, 3.63) is 50.4 Å². The van der Waals surface area contributed by atoms with Crippen LogP contribution < -0.4 is 10.9 Å². The lowest BCUT2D eigenvalue weighted by atomic mass is 10.2. The first-order valence-electron chi connectivity index (χ1n) is 6.95. The summed E-state index contributed by atoms with van der Waals surface area (Å²) in [7, 11) is 0. The Hall–Kier alpha value is -2.00. The van der Waals surface area contributed by atoms with Crippen LogP contribution >= 0.6 is 23.4 Å². The fourth-order valence-corrected chi connectivity index (χ4v) is 2.68. The van der Waals surface area contributed by atoms with Gasteiger partial charge >= 0.3 is 6.18 Å². The van der Waals surface area contributed by atoms with E-state index in [0.29, 0.717) is 11.3 Å². The highest BCUT2D eigenvalue weighted by Gasteiger charge is 2.31. The van der Waals surface area contributed by atoms with Gasteiger partial charge in [0.05, 0.1) is 22.0 Å². The van der Waals surface area contributed by atoms with Crippen molar-refractivity contribution in [1.82, 2.24) is 9.97 Å². The minimum atomic E-state index is -4.54.